The van der Waals surface area contributed by atoms with Gasteiger partial charge in [0.25, 0.3) is 0 Å². The second-order valence-corrected chi connectivity index (χ2v) is 5.27. The van der Waals surface area contributed by atoms with Crippen molar-refractivity contribution in [3.63, 3.8) is 0 Å². The third kappa shape index (κ3) is 2.82. The highest BCUT2D eigenvalue weighted by atomic mass is 16.4. The van der Waals surface area contributed by atoms with Crippen LogP contribution in [0.15, 0.2) is 35.5 Å². The maximum Gasteiger partial charge on any atom is 0.233 e. The monoisotopic (exact) mass is 275 g/mol. The fourth-order valence-corrected chi connectivity index (χ4v) is 3.13. The fourth-order valence-electron chi connectivity index (χ4n) is 3.13. The van der Waals surface area contributed by atoms with Crippen LogP contribution in [0.25, 0.3) is 0 Å². The normalized spacial score (nSPS) is 24.6. The lowest BCUT2D eigenvalue weighted by Gasteiger charge is -2.38. The number of amides is 1. The molecule has 1 atom stereocenters. The Labute approximate surface area is 118 Å². The Hall–Kier alpha value is -1.88. The van der Waals surface area contributed by atoms with E-state index in [1.165, 1.54) is 0 Å². The molecule has 1 aromatic carbocycles. The number of benzene rings is 1. The van der Waals surface area contributed by atoms with Gasteiger partial charge in [0.05, 0.1) is 5.71 Å². The average molecular weight is 275 g/mol. The Bertz CT molecular complexity index is 487. The summed E-state index contributed by atoms with van der Waals surface area (Å²) in [5.41, 5.74) is 3.70. The topological polar surface area (TPSA) is 87.7 Å². The summed E-state index contributed by atoms with van der Waals surface area (Å²) in [5.74, 6) is 4.97. The third-order valence-corrected chi connectivity index (χ3v) is 4.21. The molecule has 0 radical (unpaired) electrons. The molecule has 0 bridgehead atoms. The summed E-state index contributed by atoms with van der Waals surface area (Å²) >= 11 is 0. The molecule has 108 valence electrons. The van der Waals surface area contributed by atoms with Gasteiger partial charge in [-0.3, -0.25) is 10.2 Å². The molecule has 4 N–H and O–H groups in total. The molecular weight excluding hydrogens is 254 g/mol. The van der Waals surface area contributed by atoms with Gasteiger partial charge in [-0.15, -0.1) is 0 Å². The third-order valence-electron chi connectivity index (χ3n) is 4.21. The molecule has 2 rings (SSSR count). The number of carbonyl (C=O) groups excluding carboxylic acids is 1. The number of hydrazine groups is 1. The van der Waals surface area contributed by atoms with E-state index < -0.39 is 0 Å². The molecule has 20 heavy (non-hydrogen) atoms. The number of nitrogens with zero attached hydrogens (tertiary/aromatic N) is 1. The Morgan fingerprint density at radius 1 is 1.35 bits per heavy atom. The second-order valence-electron chi connectivity index (χ2n) is 5.27. The van der Waals surface area contributed by atoms with E-state index in [9.17, 15) is 10.0 Å². The van der Waals surface area contributed by atoms with Crippen LogP contribution in [-0.2, 0) is 10.2 Å². The summed E-state index contributed by atoms with van der Waals surface area (Å²) in [4.78, 5) is 11.5. The Morgan fingerprint density at radius 3 is 2.75 bits per heavy atom. The lowest BCUT2D eigenvalue weighted by molar-refractivity contribution is -0.121. The minimum absolute atomic E-state index is 0.192. The van der Waals surface area contributed by atoms with Gasteiger partial charge < -0.3 is 5.21 Å². The van der Waals surface area contributed by atoms with Crippen LogP contribution in [0.4, 0.5) is 0 Å². The van der Waals surface area contributed by atoms with E-state index in [1.807, 2.05) is 30.3 Å². The van der Waals surface area contributed by atoms with Gasteiger partial charge in [-0.05, 0) is 31.2 Å². The minimum atomic E-state index is -0.346. The first kappa shape index (κ1) is 14.5. The van der Waals surface area contributed by atoms with Gasteiger partial charge in [0.1, 0.15) is 0 Å². The first-order valence-corrected chi connectivity index (χ1v) is 6.99. The van der Waals surface area contributed by atoms with Crippen LogP contribution < -0.4 is 11.3 Å². The second kappa shape index (κ2) is 6.52. The van der Waals surface area contributed by atoms with E-state index in [-0.39, 0.29) is 11.3 Å². The van der Waals surface area contributed by atoms with Crippen molar-refractivity contribution in [2.45, 2.75) is 43.9 Å². The summed E-state index contributed by atoms with van der Waals surface area (Å²) in [6.07, 6.45) is 4.70. The standard InChI is InChI=1S/C15H21N3O2/c16-17-14(19)9-11-15(12-6-2-1-3-7-12)10-5-4-8-13(15)18-20/h1-3,6-7,20H,4-5,8-11,16H2,(H,17,19)/b18-13-. The molecule has 1 amide bonds. The lowest BCUT2D eigenvalue weighted by Crippen LogP contribution is -2.40. The van der Waals surface area contributed by atoms with Crippen LogP contribution in [0.5, 0.6) is 0 Å². The molecular formula is C15H21N3O2. The number of rotatable bonds is 4. The van der Waals surface area contributed by atoms with Crippen molar-refractivity contribution in [1.82, 2.24) is 5.43 Å². The van der Waals surface area contributed by atoms with Crippen molar-refractivity contribution in [2.75, 3.05) is 0 Å². The zero-order chi connectivity index (χ0) is 14.4. The van der Waals surface area contributed by atoms with Crippen LogP contribution in [-0.4, -0.2) is 16.8 Å². The molecule has 5 nitrogen and oxygen atoms in total. The molecule has 0 aliphatic heterocycles. The van der Waals surface area contributed by atoms with Gasteiger partial charge in [-0.1, -0.05) is 41.9 Å². The van der Waals surface area contributed by atoms with Gasteiger partial charge in [0, 0.05) is 11.8 Å². The van der Waals surface area contributed by atoms with Crippen molar-refractivity contribution in [2.24, 2.45) is 11.0 Å². The van der Waals surface area contributed by atoms with Crippen molar-refractivity contribution in [1.29, 1.82) is 0 Å². The minimum Gasteiger partial charge on any atom is -0.411 e. The summed E-state index contributed by atoms with van der Waals surface area (Å²) in [6.45, 7) is 0. The predicted octanol–water partition coefficient (Wildman–Crippen LogP) is 2.10. The molecule has 5 heteroatoms. The summed E-state index contributed by atoms with van der Waals surface area (Å²) < 4.78 is 0. The van der Waals surface area contributed by atoms with Crippen molar-refractivity contribution >= 4 is 11.6 Å². The number of hydrogen-bond donors (Lipinski definition) is 3. The number of hydrogen-bond acceptors (Lipinski definition) is 4. The van der Waals surface area contributed by atoms with E-state index in [0.29, 0.717) is 12.8 Å². The van der Waals surface area contributed by atoms with Gasteiger partial charge in [-0.25, -0.2) is 5.84 Å². The quantitative estimate of drug-likeness (QED) is 0.340. The fraction of sp³-hybridized carbons (Fsp3) is 0.467. The van der Waals surface area contributed by atoms with Crippen molar-refractivity contribution in [3.05, 3.63) is 35.9 Å². The van der Waals surface area contributed by atoms with Crippen molar-refractivity contribution < 1.29 is 10.0 Å². The Balaban J connectivity index is 2.34. The maximum atomic E-state index is 11.5. The number of oxime groups is 1. The van der Waals surface area contributed by atoms with Crippen LogP contribution in [0, 0.1) is 0 Å². The molecule has 0 aromatic heterocycles. The molecule has 1 aromatic rings. The van der Waals surface area contributed by atoms with Crippen LogP contribution in [0.2, 0.25) is 0 Å². The zero-order valence-electron chi connectivity index (χ0n) is 11.5. The van der Waals surface area contributed by atoms with E-state index >= 15 is 0 Å². The zero-order valence-corrected chi connectivity index (χ0v) is 11.5. The van der Waals surface area contributed by atoms with E-state index in [2.05, 4.69) is 10.6 Å². The summed E-state index contributed by atoms with van der Waals surface area (Å²) in [7, 11) is 0. The van der Waals surface area contributed by atoms with Gasteiger partial charge in [0.2, 0.25) is 5.91 Å². The number of nitrogens with two attached hydrogens (primary N) is 1. The van der Waals surface area contributed by atoms with Gasteiger partial charge in [0.15, 0.2) is 0 Å². The Morgan fingerprint density at radius 2 is 2.10 bits per heavy atom. The largest absolute Gasteiger partial charge is 0.411 e. The molecule has 1 unspecified atom stereocenters. The predicted molar refractivity (Wildman–Crippen MR) is 77.4 cm³/mol. The molecule has 1 aliphatic carbocycles. The molecule has 1 saturated carbocycles. The smallest absolute Gasteiger partial charge is 0.233 e. The van der Waals surface area contributed by atoms with Crippen molar-refractivity contribution in [3.8, 4) is 0 Å². The molecule has 1 aliphatic rings. The molecule has 0 heterocycles. The van der Waals surface area contributed by atoms with Gasteiger partial charge in [-0.2, -0.15) is 0 Å². The van der Waals surface area contributed by atoms with Crippen LogP contribution in [0.1, 0.15) is 44.1 Å². The van der Waals surface area contributed by atoms with Gasteiger partial charge >= 0.3 is 0 Å². The SMILES string of the molecule is NNC(=O)CCC1(c2ccccc2)CCCC/C1=N/O. The van der Waals surface area contributed by atoms with Crippen LogP contribution in [0.3, 0.4) is 0 Å². The summed E-state index contributed by atoms with van der Waals surface area (Å²) in [6, 6.07) is 9.99. The first-order valence-electron chi connectivity index (χ1n) is 6.99. The van der Waals surface area contributed by atoms with Crippen LogP contribution >= 0.6 is 0 Å². The maximum absolute atomic E-state index is 11.5. The van der Waals surface area contributed by atoms with E-state index in [1.54, 1.807) is 0 Å². The van der Waals surface area contributed by atoms with E-state index in [0.717, 1.165) is 37.0 Å². The highest BCUT2D eigenvalue weighted by Gasteiger charge is 2.40. The molecule has 0 saturated heterocycles. The highest BCUT2D eigenvalue weighted by Crippen LogP contribution is 2.41. The Kier molecular flexibility index (Phi) is 4.74. The first-order chi connectivity index (χ1) is 9.73. The number of nitrogens with one attached hydrogen (secondary N) is 1. The molecule has 1 fully saturated rings. The lowest BCUT2D eigenvalue weighted by atomic mass is 9.65. The summed E-state index contributed by atoms with van der Waals surface area (Å²) in [5, 5.41) is 12.9. The molecule has 0 spiro atoms. The highest BCUT2D eigenvalue weighted by molar-refractivity contribution is 5.95. The van der Waals surface area contributed by atoms with E-state index in [4.69, 9.17) is 5.84 Å². The number of carbonyl (C=O) groups is 1. The average Bonchev–Trinajstić information content (AvgIpc) is 2.53.